The van der Waals surface area contributed by atoms with Crippen molar-refractivity contribution >= 4 is 5.97 Å². The Hall–Kier alpha value is -3.07. The Morgan fingerprint density at radius 1 is 1.07 bits per heavy atom. The zero-order valence-corrected chi connectivity index (χ0v) is 17.8. The van der Waals surface area contributed by atoms with Crippen LogP contribution in [0.5, 0.6) is 5.75 Å². The number of ether oxygens (including phenoxy) is 1. The van der Waals surface area contributed by atoms with Gasteiger partial charge in [-0.2, -0.15) is 0 Å². The minimum Gasteiger partial charge on any atom is -0.493 e. The number of fused-ring (bicyclic) bond motifs is 1. The molecule has 1 N–H and O–H groups in total. The van der Waals surface area contributed by atoms with Crippen LogP contribution in [0.3, 0.4) is 0 Å². The maximum atomic E-state index is 11.2. The van der Waals surface area contributed by atoms with E-state index in [2.05, 4.69) is 62.4 Å². The number of benzene rings is 3. The molecular weight excluding hydrogens is 372 g/mol. The van der Waals surface area contributed by atoms with E-state index >= 15 is 0 Å². The molecule has 3 aromatic rings. The number of carbonyl (C=O) groups is 1. The van der Waals surface area contributed by atoms with Gasteiger partial charge >= 0.3 is 5.97 Å². The summed E-state index contributed by atoms with van der Waals surface area (Å²) in [5.74, 6) is 0.0772. The highest BCUT2D eigenvalue weighted by molar-refractivity contribution is 5.71. The summed E-state index contributed by atoms with van der Waals surface area (Å²) >= 11 is 0. The average Bonchev–Trinajstić information content (AvgIpc) is 2.73. The molecule has 1 aliphatic heterocycles. The zero-order chi connectivity index (χ0) is 21.3. The van der Waals surface area contributed by atoms with Crippen molar-refractivity contribution in [2.75, 3.05) is 6.61 Å². The van der Waals surface area contributed by atoms with E-state index in [9.17, 15) is 9.90 Å². The normalized spacial score (nSPS) is 16.4. The van der Waals surface area contributed by atoms with Crippen molar-refractivity contribution in [1.82, 2.24) is 0 Å². The third-order valence-corrected chi connectivity index (χ3v) is 6.15. The number of carboxylic acids is 1. The van der Waals surface area contributed by atoms with Gasteiger partial charge in [-0.05, 0) is 71.7 Å². The molecule has 3 aromatic carbocycles. The average molecular weight is 401 g/mol. The maximum absolute atomic E-state index is 11.2. The standard InChI is InChI=1S/C27H28O3/c1-17-5-4-6-18(2)26(17)22-10-8-21(9-11-22)24-15-23-14-20(13-19(3)27(28)29)7-12-25(23)30-16-24/h4-12,14,19,24H,13,15-16H2,1-3H3,(H,28,29). The molecule has 30 heavy (non-hydrogen) atoms. The fraction of sp³-hybridized carbons (Fsp3) is 0.296. The van der Waals surface area contributed by atoms with Crippen molar-refractivity contribution in [2.45, 2.75) is 39.5 Å². The van der Waals surface area contributed by atoms with Gasteiger partial charge in [-0.15, -0.1) is 0 Å². The van der Waals surface area contributed by atoms with Gasteiger partial charge in [0.05, 0.1) is 12.5 Å². The fourth-order valence-corrected chi connectivity index (χ4v) is 4.42. The minimum atomic E-state index is -0.758. The second-order valence-corrected chi connectivity index (χ2v) is 8.49. The summed E-state index contributed by atoms with van der Waals surface area (Å²) in [6.45, 7) is 6.73. The van der Waals surface area contributed by atoms with Gasteiger partial charge < -0.3 is 9.84 Å². The van der Waals surface area contributed by atoms with Gasteiger partial charge in [0.25, 0.3) is 0 Å². The summed E-state index contributed by atoms with van der Waals surface area (Å²) in [5.41, 5.74) is 8.64. The van der Waals surface area contributed by atoms with E-state index < -0.39 is 5.97 Å². The van der Waals surface area contributed by atoms with Crippen molar-refractivity contribution in [1.29, 1.82) is 0 Å². The second kappa shape index (κ2) is 8.35. The van der Waals surface area contributed by atoms with Gasteiger partial charge in [-0.1, -0.05) is 61.5 Å². The van der Waals surface area contributed by atoms with Crippen LogP contribution < -0.4 is 4.74 Å². The molecule has 0 aliphatic carbocycles. The third-order valence-electron chi connectivity index (χ3n) is 6.15. The van der Waals surface area contributed by atoms with Crippen molar-refractivity contribution in [3.8, 4) is 16.9 Å². The molecule has 2 unspecified atom stereocenters. The molecule has 3 nitrogen and oxygen atoms in total. The van der Waals surface area contributed by atoms with Crippen molar-refractivity contribution in [3.05, 3.63) is 88.5 Å². The lowest BCUT2D eigenvalue weighted by Gasteiger charge is -2.26. The molecule has 0 amide bonds. The largest absolute Gasteiger partial charge is 0.493 e. The molecule has 3 heteroatoms. The number of aliphatic carboxylic acids is 1. The SMILES string of the molecule is Cc1cccc(C)c1-c1ccc(C2COc3ccc(CC(C)C(=O)O)cc3C2)cc1. The number of hydrogen-bond donors (Lipinski definition) is 1. The molecular formula is C27H28O3. The Bertz CT molecular complexity index is 1050. The number of rotatable bonds is 5. The van der Waals surface area contributed by atoms with E-state index in [0.29, 0.717) is 18.9 Å². The molecule has 0 spiro atoms. The number of aryl methyl sites for hydroxylation is 2. The van der Waals surface area contributed by atoms with Gasteiger partial charge in [0.2, 0.25) is 0 Å². The van der Waals surface area contributed by atoms with Crippen molar-refractivity contribution in [3.63, 3.8) is 0 Å². The van der Waals surface area contributed by atoms with E-state index in [1.165, 1.54) is 33.4 Å². The van der Waals surface area contributed by atoms with Crippen molar-refractivity contribution in [2.24, 2.45) is 5.92 Å². The quantitative estimate of drug-likeness (QED) is 0.575. The first kappa shape index (κ1) is 20.2. The summed E-state index contributed by atoms with van der Waals surface area (Å²) in [4.78, 5) is 11.2. The first-order valence-electron chi connectivity index (χ1n) is 10.6. The number of hydrogen-bond acceptors (Lipinski definition) is 2. The van der Waals surface area contributed by atoms with Crippen LogP contribution in [0.25, 0.3) is 11.1 Å². The van der Waals surface area contributed by atoms with Gasteiger partial charge in [-0.25, -0.2) is 0 Å². The molecule has 0 fully saturated rings. The van der Waals surface area contributed by atoms with Crippen LogP contribution in [0.1, 0.15) is 40.7 Å². The summed E-state index contributed by atoms with van der Waals surface area (Å²) in [7, 11) is 0. The topological polar surface area (TPSA) is 46.5 Å². The van der Waals surface area contributed by atoms with Crippen LogP contribution >= 0.6 is 0 Å². The predicted molar refractivity (Wildman–Crippen MR) is 120 cm³/mol. The molecule has 0 bridgehead atoms. The molecule has 1 aliphatic rings. The summed E-state index contributed by atoms with van der Waals surface area (Å²) in [6, 6.07) is 21.4. The lowest BCUT2D eigenvalue weighted by atomic mass is 9.87. The molecule has 0 radical (unpaired) electrons. The van der Waals surface area contributed by atoms with Crippen LogP contribution in [0.4, 0.5) is 0 Å². The van der Waals surface area contributed by atoms with Gasteiger partial charge in [-0.3, -0.25) is 4.79 Å². The first-order valence-corrected chi connectivity index (χ1v) is 10.6. The van der Waals surface area contributed by atoms with Crippen molar-refractivity contribution < 1.29 is 14.6 Å². The van der Waals surface area contributed by atoms with Crippen LogP contribution in [-0.2, 0) is 17.6 Å². The Morgan fingerprint density at radius 2 is 1.77 bits per heavy atom. The molecule has 154 valence electrons. The highest BCUT2D eigenvalue weighted by Crippen LogP contribution is 2.35. The van der Waals surface area contributed by atoms with Gasteiger partial charge in [0, 0.05) is 5.92 Å². The molecule has 0 saturated heterocycles. The van der Waals surface area contributed by atoms with E-state index in [1.54, 1.807) is 6.92 Å². The third kappa shape index (κ3) is 4.11. The molecule has 1 heterocycles. The Labute approximate surface area is 178 Å². The van der Waals surface area contributed by atoms with Crippen LogP contribution in [0.2, 0.25) is 0 Å². The Balaban J connectivity index is 1.54. The van der Waals surface area contributed by atoms with E-state index in [-0.39, 0.29) is 5.92 Å². The molecule has 4 rings (SSSR count). The number of carboxylic acid groups (broad SMARTS) is 1. The second-order valence-electron chi connectivity index (χ2n) is 8.49. The summed E-state index contributed by atoms with van der Waals surface area (Å²) < 4.78 is 6.03. The summed E-state index contributed by atoms with van der Waals surface area (Å²) in [5, 5.41) is 9.19. The van der Waals surface area contributed by atoms with Gasteiger partial charge in [0.15, 0.2) is 0 Å². The maximum Gasteiger partial charge on any atom is 0.306 e. The van der Waals surface area contributed by atoms with Crippen LogP contribution in [-0.4, -0.2) is 17.7 Å². The van der Waals surface area contributed by atoms with E-state index in [4.69, 9.17) is 4.74 Å². The smallest absolute Gasteiger partial charge is 0.306 e. The predicted octanol–water partition coefficient (Wildman–Crippen LogP) is 5.95. The molecule has 0 aromatic heterocycles. The van der Waals surface area contributed by atoms with E-state index in [1.807, 2.05) is 12.1 Å². The highest BCUT2D eigenvalue weighted by Gasteiger charge is 2.22. The molecule has 2 atom stereocenters. The molecule has 0 saturated carbocycles. The first-order chi connectivity index (χ1) is 14.4. The summed E-state index contributed by atoms with van der Waals surface area (Å²) in [6.07, 6.45) is 1.45. The van der Waals surface area contributed by atoms with E-state index in [0.717, 1.165) is 17.7 Å². The highest BCUT2D eigenvalue weighted by atomic mass is 16.5. The Kier molecular flexibility index (Phi) is 5.63. The lowest BCUT2D eigenvalue weighted by Crippen LogP contribution is -2.19. The van der Waals surface area contributed by atoms with Crippen LogP contribution in [0, 0.1) is 19.8 Å². The lowest BCUT2D eigenvalue weighted by molar-refractivity contribution is -0.141. The zero-order valence-electron chi connectivity index (χ0n) is 17.8. The monoisotopic (exact) mass is 400 g/mol. The fourth-order valence-electron chi connectivity index (χ4n) is 4.42. The van der Waals surface area contributed by atoms with Gasteiger partial charge in [0.1, 0.15) is 5.75 Å². The minimum absolute atomic E-state index is 0.302. The Morgan fingerprint density at radius 3 is 2.43 bits per heavy atom. The van der Waals surface area contributed by atoms with Crippen LogP contribution in [0.15, 0.2) is 60.7 Å².